The maximum absolute atomic E-state index is 12.7. The van der Waals surface area contributed by atoms with Crippen LogP contribution in [0.2, 0.25) is 0 Å². The number of aliphatic hydroxyl groups is 1. The van der Waals surface area contributed by atoms with Crippen LogP contribution in [0.5, 0.6) is 0 Å². The molecule has 9 heteroatoms. The third kappa shape index (κ3) is 6.40. The molecule has 0 radical (unpaired) electrons. The zero-order valence-corrected chi connectivity index (χ0v) is 18.6. The molecule has 2 rings (SSSR count). The van der Waals surface area contributed by atoms with Crippen LogP contribution in [0.15, 0.2) is 47.3 Å². The molecule has 0 bridgehead atoms. The van der Waals surface area contributed by atoms with Crippen LogP contribution in [-0.2, 0) is 38.1 Å². The first-order valence-corrected chi connectivity index (χ1v) is 10.1. The number of carbonyl (C=O) groups is 4. The van der Waals surface area contributed by atoms with Crippen LogP contribution < -0.4 is 0 Å². The van der Waals surface area contributed by atoms with E-state index in [1.165, 1.54) is 6.92 Å². The first-order chi connectivity index (χ1) is 15.0. The third-order valence-corrected chi connectivity index (χ3v) is 5.10. The Morgan fingerprint density at radius 3 is 2.50 bits per heavy atom. The molecule has 1 aliphatic carbocycles. The van der Waals surface area contributed by atoms with Crippen LogP contribution in [0.4, 0.5) is 0 Å². The molecule has 1 fully saturated rings. The van der Waals surface area contributed by atoms with Crippen molar-refractivity contribution < 1.29 is 43.2 Å². The highest BCUT2D eigenvalue weighted by atomic mass is 16.6. The Balaban J connectivity index is 2.42. The zero-order valence-electron chi connectivity index (χ0n) is 18.6. The van der Waals surface area contributed by atoms with Gasteiger partial charge in [0.2, 0.25) is 5.76 Å². The topological polar surface area (TPSA) is 125 Å². The number of aliphatic hydroxyl groups excluding tert-OH is 1. The lowest BCUT2D eigenvalue weighted by atomic mass is 9.85. The minimum atomic E-state index is -0.964. The summed E-state index contributed by atoms with van der Waals surface area (Å²) in [5, 5.41) is 9.13. The second kappa shape index (κ2) is 10.9. The molecule has 0 spiro atoms. The highest BCUT2D eigenvalue weighted by molar-refractivity contribution is 5.92. The molecule has 1 aliphatic heterocycles. The summed E-state index contributed by atoms with van der Waals surface area (Å²) in [5.74, 6) is -3.94. The standard InChI is InChI=1S/C23H28O9/c1-12-6-7-17(29-15(4)25)13(2)11-20-21(14(3)22(27)31-20)19(10-12)32-23(28)18(8-9-24)30-16(5)26/h6,8,11,17,19-21,24H,3,7,9-10H2,1-2,4-5H3. The zero-order chi connectivity index (χ0) is 24.0. The number of ether oxygens (including phenoxy) is 4. The first kappa shape index (κ1) is 25.1. The maximum Gasteiger partial charge on any atom is 0.374 e. The Morgan fingerprint density at radius 1 is 1.22 bits per heavy atom. The average Bonchev–Trinajstić information content (AvgIpc) is 2.96. The van der Waals surface area contributed by atoms with E-state index in [0.29, 0.717) is 12.0 Å². The second-order valence-electron chi connectivity index (χ2n) is 7.71. The summed E-state index contributed by atoms with van der Waals surface area (Å²) < 4.78 is 21.3. The summed E-state index contributed by atoms with van der Waals surface area (Å²) in [4.78, 5) is 47.8. The van der Waals surface area contributed by atoms with E-state index < -0.39 is 60.5 Å². The lowest BCUT2D eigenvalue weighted by Gasteiger charge is -2.28. The van der Waals surface area contributed by atoms with Gasteiger partial charge in [-0.05, 0) is 31.6 Å². The molecule has 9 nitrogen and oxygen atoms in total. The Kier molecular flexibility index (Phi) is 8.54. The predicted octanol–water partition coefficient (Wildman–Crippen LogP) is 2.05. The Morgan fingerprint density at radius 2 is 1.91 bits per heavy atom. The number of hydrogen-bond acceptors (Lipinski definition) is 9. The number of esters is 4. The van der Waals surface area contributed by atoms with Crippen molar-refractivity contribution in [3.05, 3.63) is 47.3 Å². The van der Waals surface area contributed by atoms with Crippen molar-refractivity contribution in [2.45, 2.75) is 58.8 Å². The molecular weight excluding hydrogens is 420 g/mol. The van der Waals surface area contributed by atoms with Gasteiger partial charge < -0.3 is 24.1 Å². The second-order valence-corrected chi connectivity index (χ2v) is 7.71. The molecule has 1 heterocycles. The number of carbonyl (C=O) groups excluding carboxylic acids is 4. The van der Waals surface area contributed by atoms with E-state index in [-0.39, 0.29) is 12.0 Å². The van der Waals surface area contributed by atoms with Gasteiger partial charge in [-0.2, -0.15) is 0 Å². The normalized spacial score (nSPS) is 26.2. The van der Waals surface area contributed by atoms with E-state index in [4.69, 9.17) is 24.1 Å². The predicted molar refractivity (Wildman–Crippen MR) is 112 cm³/mol. The van der Waals surface area contributed by atoms with Gasteiger partial charge >= 0.3 is 23.9 Å². The average molecular weight is 448 g/mol. The van der Waals surface area contributed by atoms with Gasteiger partial charge in [-0.1, -0.05) is 18.2 Å². The number of fused-ring (bicyclic) bond motifs is 1. The maximum atomic E-state index is 12.7. The fourth-order valence-corrected chi connectivity index (χ4v) is 3.63. The van der Waals surface area contributed by atoms with Gasteiger partial charge in [-0.25, -0.2) is 9.59 Å². The van der Waals surface area contributed by atoms with E-state index in [1.807, 2.05) is 13.0 Å². The monoisotopic (exact) mass is 448 g/mol. The number of hydrogen-bond donors (Lipinski definition) is 1. The molecule has 4 unspecified atom stereocenters. The molecule has 174 valence electrons. The quantitative estimate of drug-likeness (QED) is 0.221. The highest BCUT2D eigenvalue weighted by Crippen LogP contribution is 2.36. The Hall–Kier alpha value is -3.20. The van der Waals surface area contributed by atoms with E-state index in [1.54, 1.807) is 13.0 Å². The van der Waals surface area contributed by atoms with Crippen molar-refractivity contribution in [1.82, 2.24) is 0 Å². The summed E-state index contributed by atoms with van der Waals surface area (Å²) in [6.45, 7) is 9.28. The van der Waals surface area contributed by atoms with Gasteiger partial charge in [0.05, 0.1) is 12.5 Å². The van der Waals surface area contributed by atoms with Gasteiger partial charge in [0.1, 0.15) is 18.3 Å². The smallest absolute Gasteiger partial charge is 0.374 e. The molecule has 0 aromatic heterocycles. The molecule has 0 aromatic carbocycles. The summed E-state index contributed by atoms with van der Waals surface area (Å²) in [5.41, 5.74) is 1.63. The van der Waals surface area contributed by atoms with E-state index in [0.717, 1.165) is 18.6 Å². The van der Waals surface area contributed by atoms with E-state index in [9.17, 15) is 19.2 Å². The van der Waals surface area contributed by atoms with Gasteiger partial charge in [-0.3, -0.25) is 9.59 Å². The van der Waals surface area contributed by atoms with Crippen molar-refractivity contribution in [2.24, 2.45) is 5.92 Å². The van der Waals surface area contributed by atoms with Gasteiger partial charge in [0.15, 0.2) is 0 Å². The third-order valence-electron chi connectivity index (χ3n) is 5.10. The summed E-state index contributed by atoms with van der Waals surface area (Å²) in [6, 6.07) is 0. The van der Waals surface area contributed by atoms with Crippen LogP contribution in [0.3, 0.4) is 0 Å². The van der Waals surface area contributed by atoms with E-state index >= 15 is 0 Å². The van der Waals surface area contributed by atoms with Gasteiger partial charge in [0, 0.05) is 32.3 Å². The van der Waals surface area contributed by atoms with Crippen LogP contribution >= 0.6 is 0 Å². The molecule has 1 N–H and O–H groups in total. The summed E-state index contributed by atoms with van der Waals surface area (Å²) >= 11 is 0. The molecule has 2 aliphatic rings. The van der Waals surface area contributed by atoms with Crippen LogP contribution in [0.1, 0.15) is 40.5 Å². The van der Waals surface area contributed by atoms with Crippen molar-refractivity contribution in [3.8, 4) is 0 Å². The lowest BCUT2D eigenvalue weighted by Crippen LogP contribution is -2.35. The molecule has 4 atom stereocenters. The largest absolute Gasteiger partial charge is 0.458 e. The first-order valence-electron chi connectivity index (χ1n) is 10.1. The van der Waals surface area contributed by atoms with Gasteiger partial charge in [0.25, 0.3) is 0 Å². The Labute approximate surface area is 186 Å². The number of rotatable bonds is 5. The van der Waals surface area contributed by atoms with Crippen LogP contribution in [0.25, 0.3) is 0 Å². The minimum absolute atomic E-state index is 0.134. The van der Waals surface area contributed by atoms with Crippen molar-refractivity contribution in [1.29, 1.82) is 0 Å². The van der Waals surface area contributed by atoms with Crippen LogP contribution in [0, 0.1) is 5.92 Å². The SMILES string of the molecule is C=C1C(=O)OC2C=C(C)C(OC(C)=O)CC=C(C)CC(OC(=O)C(=CCO)OC(C)=O)C12. The molecule has 0 saturated carbocycles. The Bertz CT molecular complexity index is 893. The molecule has 1 saturated heterocycles. The molecule has 32 heavy (non-hydrogen) atoms. The van der Waals surface area contributed by atoms with Gasteiger partial charge in [-0.15, -0.1) is 0 Å². The summed E-state index contributed by atoms with van der Waals surface area (Å²) in [7, 11) is 0. The molecular formula is C23H28O9. The van der Waals surface area contributed by atoms with Crippen molar-refractivity contribution >= 4 is 23.9 Å². The van der Waals surface area contributed by atoms with E-state index in [2.05, 4.69) is 6.58 Å². The minimum Gasteiger partial charge on any atom is -0.458 e. The fraction of sp³-hybridized carbons (Fsp3) is 0.478. The lowest BCUT2D eigenvalue weighted by molar-refractivity contribution is -0.156. The fourth-order valence-electron chi connectivity index (χ4n) is 3.63. The summed E-state index contributed by atoms with van der Waals surface area (Å²) in [6.07, 6.45) is 2.98. The molecule has 0 aromatic rings. The molecule has 0 amide bonds. The van der Waals surface area contributed by atoms with Crippen molar-refractivity contribution in [3.63, 3.8) is 0 Å². The highest BCUT2D eigenvalue weighted by Gasteiger charge is 2.45. The van der Waals surface area contributed by atoms with Crippen LogP contribution in [-0.4, -0.2) is 53.9 Å². The van der Waals surface area contributed by atoms with Crippen molar-refractivity contribution in [2.75, 3.05) is 6.61 Å².